The van der Waals surface area contributed by atoms with E-state index in [1.54, 1.807) is 6.92 Å². The van der Waals surface area contributed by atoms with Crippen molar-refractivity contribution >= 4 is 0 Å². The van der Waals surface area contributed by atoms with E-state index in [4.69, 9.17) is 4.42 Å². The quantitative estimate of drug-likeness (QED) is 0.869. The summed E-state index contributed by atoms with van der Waals surface area (Å²) >= 11 is 0. The van der Waals surface area contributed by atoms with E-state index in [1.807, 2.05) is 6.92 Å². The van der Waals surface area contributed by atoms with Gasteiger partial charge in [0.25, 0.3) is 5.56 Å². The van der Waals surface area contributed by atoms with E-state index in [-0.39, 0.29) is 5.89 Å². The summed E-state index contributed by atoms with van der Waals surface area (Å²) in [4.78, 5) is 11.8. The van der Waals surface area contributed by atoms with E-state index in [2.05, 4.69) is 10.2 Å². The molecule has 0 saturated heterocycles. The molecule has 0 spiro atoms. The van der Waals surface area contributed by atoms with E-state index in [0.29, 0.717) is 18.4 Å². The molecule has 1 unspecified atom stereocenters. The number of halogens is 3. The second-order valence-corrected chi connectivity index (χ2v) is 4.22. The topological polar surface area (TPSA) is 60.9 Å². The van der Waals surface area contributed by atoms with Crippen LogP contribution < -0.4 is 5.56 Å². The van der Waals surface area contributed by atoms with Gasteiger partial charge in [-0.2, -0.15) is 13.2 Å². The van der Waals surface area contributed by atoms with Crippen molar-refractivity contribution in [3.05, 3.63) is 46.0 Å². The van der Waals surface area contributed by atoms with Gasteiger partial charge in [0.2, 0.25) is 11.8 Å². The van der Waals surface area contributed by atoms with Crippen LogP contribution in [0.25, 0.3) is 0 Å². The molecule has 0 fully saturated rings. The molecule has 2 aromatic heterocycles. The van der Waals surface area contributed by atoms with Crippen molar-refractivity contribution in [2.24, 2.45) is 0 Å². The van der Waals surface area contributed by atoms with Crippen LogP contribution in [0.5, 0.6) is 0 Å². The van der Waals surface area contributed by atoms with Gasteiger partial charge in [0, 0.05) is 18.7 Å². The highest BCUT2D eigenvalue weighted by atomic mass is 19.4. The lowest BCUT2D eigenvalue weighted by Gasteiger charge is -2.12. The molecule has 2 heterocycles. The summed E-state index contributed by atoms with van der Waals surface area (Å²) in [7, 11) is 0. The molecule has 0 amide bonds. The number of hydrogen-bond acceptors (Lipinski definition) is 4. The average Bonchev–Trinajstić information content (AvgIpc) is 2.85. The highest BCUT2D eigenvalue weighted by molar-refractivity contribution is 5.15. The third kappa shape index (κ3) is 2.73. The molecule has 2 rings (SSSR count). The molecule has 0 aromatic carbocycles. The van der Waals surface area contributed by atoms with Crippen LogP contribution in [0.1, 0.15) is 37.2 Å². The monoisotopic (exact) mass is 287 g/mol. The van der Waals surface area contributed by atoms with Crippen LogP contribution in [0.3, 0.4) is 0 Å². The second-order valence-electron chi connectivity index (χ2n) is 4.22. The van der Waals surface area contributed by atoms with Gasteiger partial charge in [-0.1, -0.05) is 6.92 Å². The van der Waals surface area contributed by atoms with E-state index >= 15 is 0 Å². The Balaban J connectivity index is 2.36. The number of rotatable bonds is 3. The zero-order chi connectivity index (χ0) is 14.9. The van der Waals surface area contributed by atoms with Gasteiger partial charge in [-0.25, -0.2) is 0 Å². The Labute approximate surface area is 112 Å². The summed E-state index contributed by atoms with van der Waals surface area (Å²) in [5.74, 6) is 0.593. The predicted molar refractivity (Wildman–Crippen MR) is 63.2 cm³/mol. The van der Waals surface area contributed by atoms with E-state index < -0.39 is 23.3 Å². The SMILES string of the molecule is CCc1nnc(C(C)n2ccc(C(F)(F)F)cc2=O)o1. The zero-order valence-corrected chi connectivity index (χ0v) is 10.8. The maximum Gasteiger partial charge on any atom is 0.416 e. The fraction of sp³-hybridized carbons (Fsp3) is 0.417. The molecule has 0 saturated carbocycles. The standard InChI is InChI=1S/C12H12F3N3O2/c1-3-9-16-17-11(20-9)7(2)18-5-4-8(6-10(18)19)12(13,14)15/h4-7H,3H2,1-2H3. The third-order valence-corrected chi connectivity index (χ3v) is 2.84. The molecule has 2 aromatic rings. The van der Waals surface area contributed by atoms with Gasteiger partial charge in [-0.15, -0.1) is 10.2 Å². The highest BCUT2D eigenvalue weighted by Gasteiger charge is 2.31. The van der Waals surface area contributed by atoms with Gasteiger partial charge in [0.1, 0.15) is 6.04 Å². The maximum absolute atomic E-state index is 12.5. The number of hydrogen-bond donors (Lipinski definition) is 0. The molecule has 108 valence electrons. The predicted octanol–water partition coefficient (Wildman–Crippen LogP) is 2.42. The fourth-order valence-corrected chi connectivity index (χ4v) is 1.68. The van der Waals surface area contributed by atoms with Crippen molar-refractivity contribution in [1.82, 2.24) is 14.8 Å². The first-order chi connectivity index (χ1) is 9.32. The molecule has 5 nitrogen and oxygen atoms in total. The lowest BCUT2D eigenvalue weighted by molar-refractivity contribution is -0.137. The Kier molecular flexibility index (Phi) is 3.65. The smallest absolute Gasteiger partial charge is 0.416 e. The molecule has 0 aliphatic rings. The molecule has 0 bridgehead atoms. The van der Waals surface area contributed by atoms with Crippen molar-refractivity contribution in [2.45, 2.75) is 32.5 Å². The lowest BCUT2D eigenvalue weighted by atomic mass is 10.2. The summed E-state index contributed by atoms with van der Waals surface area (Å²) in [6.45, 7) is 3.42. The summed E-state index contributed by atoms with van der Waals surface area (Å²) in [5.41, 5.74) is -1.76. The summed E-state index contributed by atoms with van der Waals surface area (Å²) < 4.78 is 43.9. The molecule has 1 atom stereocenters. The Morgan fingerprint density at radius 3 is 2.60 bits per heavy atom. The van der Waals surface area contributed by atoms with Gasteiger partial charge in [0.15, 0.2) is 0 Å². The Morgan fingerprint density at radius 2 is 2.10 bits per heavy atom. The minimum Gasteiger partial charge on any atom is -0.423 e. The van der Waals surface area contributed by atoms with Crippen LogP contribution in [0.2, 0.25) is 0 Å². The second kappa shape index (κ2) is 5.10. The molecular formula is C12H12F3N3O2. The molecule has 0 N–H and O–H groups in total. The Morgan fingerprint density at radius 1 is 1.40 bits per heavy atom. The van der Waals surface area contributed by atoms with Gasteiger partial charge < -0.3 is 8.98 Å². The van der Waals surface area contributed by atoms with Gasteiger partial charge in [-0.05, 0) is 13.0 Å². The van der Waals surface area contributed by atoms with Crippen molar-refractivity contribution in [3.63, 3.8) is 0 Å². The molecule has 20 heavy (non-hydrogen) atoms. The maximum atomic E-state index is 12.5. The molecular weight excluding hydrogens is 275 g/mol. The Hall–Kier alpha value is -2.12. The highest BCUT2D eigenvalue weighted by Crippen LogP contribution is 2.28. The fourth-order valence-electron chi connectivity index (χ4n) is 1.68. The summed E-state index contributed by atoms with van der Waals surface area (Å²) in [6, 6.07) is 0.764. The largest absolute Gasteiger partial charge is 0.423 e. The minimum atomic E-state index is -4.54. The first-order valence-electron chi connectivity index (χ1n) is 5.94. The first kappa shape index (κ1) is 14.3. The Bertz CT molecular complexity index is 660. The molecule has 0 aliphatic carbocycles. The third-order valence-electron chi connectivity index (χ3n) is 2.84. The van der Waals surface area contributed by atoms with Crippen molar-refractivity contribution < 1.29 is 17.6 Å². The van der Waals surface area contributed by atoms with Gasteiger partial charge in [0.05, 0.1) is 5.56 Å². The normalized spacial score (nSPS) is 13.4. The van der Waals surface area contributed by atoms with Crippen LogP contribution in [0.4, 0.5) is 13.2 Å². The van der Waals surface area contributed by atoms with Crippen LogP contribution >= 0.6 is 0 Å². The number of pyridine rings is 1. The van der Waals surface area contributed by atoms with Gasteiger partial charge >= 0.3 is 6.18 Å². The average molecular weight is 287 g/mol. The lowest BCUT2D eigenvalue weighted by Crippen LogP contribution is -2.25. The molecule has 8 heteroatoms. The summed E-state index contributed by atoms with van der Waals surface area (Å²) in [6.07, 6.45) is -2.92. The van der Waals surface area contributed by atoms with E-state index in [1.165, 1.54) is 0 Å². The summed E-state index contributed by atoms with van der Waals surface area (Å²) in [5, 5.41) is 7.53. The van der Waals surface area contributed by atoms with Crippen LogP contribution in [0.15, 0.2) is 27.5 Å². The molecule has 0 radical (unpaired) electrons. The van der Waals surface area contributed by atoms with Crippen LogP contribution in [-0.4, -0.2) is 14.8 Å². The van der Waals surface area contributed by atoms with Gasteiger partial charge in [-0.3, -0.25) is 4.79 Å². The minimum absolute atomic E-state index is 0.184. The van der Waals surface area contributed by atoms with E-state index in [0.717, 1.165) is 16.8 Å². The molecule has 0 aliphatic heterocycles. The van der Waals surface area contributed by atoms with E-state index in [9.17, 15) is 18.0 Å². The van der Waals surface area contributed by atoms with Crippen molar-refractivity contribution in [2.75, 3.05) is 0 Å². The number of alkyl halides is 3. The van der Waals surface area contributed by atoms with Crippen molar-refractivity contribution in [1.29, 1.82) is 0 Å². The van der Waals surface area contributed by atoms with Crippen molar-refractivity contribution in [3.8, 4) is 0 Å². The zero-order valence-electron chi connectivity index (χ0n) is 10.8. The number of aromatic nitrogens is 3. The van der Waals surface area contributed by atoms with Crippen LogP contribution in [0, 0.1) is 0 Å². The number of aryl methyl sites for hydroxylation is 1. The first-order valence-corrected chi connectivity index (χ1v) is 5.94. The number of nitrogens with zero attached hydrogens (tertiary/aromatic N) is 3. The van der Waals surface area contributed by atoms with Crippen LogP contribution in [-0.2, 0) is 12.6 Å².